The summed E-state index contributed by atoms with van der Waals surface area (Å²) in [6.45, 7) is -0.945. The van der Waals surface area contributed by atoms with Gasteiger partial charge in [0.25, 0.3) is 5.79 Å². The van der Waals surface area contributed by atoms with E-state index in [-0.39, 0.29) is 0 Å². The molecule has 0 saturated carbocycles. The lowest BCUT2D eigenvalue weighted by molar-refractivity contribution is -0.415. The van der Waals surface area contributed by atoms with Crippen LogP contribution in [0.25, 0.3) is 0 Å². The molecule has 0 aromatic carbocycles. The maximum atomic E-state index is 11.3. The molecule has 8 N–H and O–H groups in total. The Morgan fingerprint density at radius 2 is 1.63 bits per heavy atom. The topological polar surface area (TPSA) is 216 Å². The van der Waals surface area contributed by atoms with E-state index in [1.54, 1.807) is 0 Å². The SMILES string of the molecule is CC(=O)O[C@@]1(CO)O[C@H](O[C@H]2[C@H](O)[C@@H](O)[C@H](O)O[C@@H]2CO)[C@H](O)[C@H](O)[C@H]1O. The van der Waals surface area contributed by atoms with Gasteiger partial charge in [-0.1, -0.05) is 0 Å². The monoisotopic (exact) mass is 400 g/mol. The molecule has 0 aromatic heterocycles. The fraction of sp³-hybridized carbons (Fsp3) is 0.929. The first-order chi connectivity index (χ1) is 12.6. The fourth-order valence-corrected chi connectivity index (χ4v) is 2.93. The van der Waals surface area contributed by atoms with E-state index in [1.807, 2.05) is 0 Å². The number of carbonyl (C=O) groups is 1. The molecular weight excluding hydrogens is 376 g/mol. The second-order valence-electron chi connectivity index (χ2n) is 6.31. The van der Waals surface area contributed by atoms with Gasteiger partial charge in [-0.2, -0.15) is 0 Å². The summed E-state index contributed by atoms with van der Waals surface area (Å²) in [4.78, 5) is 11.3. The smallest absolute Gasteiger partial charge is 0.305 e. The third-order valence-corrected chi connectivity index (χ3v) is 4.39. The van der Waals surface area contributed by atoms with Gasteiger partial charge in [-0.15, -0.1) is 0 Å². The second kappa shape index (κ2) is 8.59. The molecule has 0 aromatic rings. The number of rotatable bonds is 5. The highest BCUT2D eigenvalue weighted by atomic mass is 16.8. The Morgan fingerprint density at radius 1 is 1.00 bits per heavy atom. The average Bonchev–Trinajstić information content (AvgIpc) is 2.63. The van der Waals surface area contributed by atoms with Gasteiger partial charge in [0.1, 0.15) is 43.2 Å². The van der Waals surface area contributed by atoms with Crippen LogP contribution in [0.3, 0.4) is 0 Å². The molecule has 0 radical (unpaired) electrons. The maximum Gasteiger partial charge on any atom is 0.305 e. The van der Waals surface area contributed by atoms with Crippen molar-refractivity contribution in [3.63, 3.8) is 0 Å². The zero-order chi connectivity index (χ0) is 20.5. The summed E-state index contributed by atoms with van der Waals surface area (Å²) in [6.07, 6.45) is -16.3. The van der Waals surface area contributed by atoms with E-state index in [4.69, 9.17) is 18.9 Å². The van der Waals surface area contributed by atoms with Crippen LogP contribution in [0.5, 0.6) is 0 Å². The molecule has 13 nitrogen and oxygen atoms in total. The van der Waals surface area contributed by atoms with Crippen molar-refractivity contribution in [2.24, 2.45) is 0 Å². The van der Waals surface area contributed by atoms with Crippen molar-refractivity contribution >= 4 is 5.97 Å². The Kier molecular flexibility index (Phi) is 7.10. The Morgan fingerprint density at radius 3 is 2.15 bits per heavy atom. The summed E-state index contributed by atoms with van der Waals surface area (Å²) in [5, 5.41) is 78.2. The van der Waals surface area contributed by atoms with Crippen LogP contribution >= 0.6 is 0 Å². The van der Waals surface area contributed by atoms with E-state index in [1.165, 1.54) is 0 Å². The first kappa shape index (κ1) is 22.3. The van der Waals surface area contributed by atoms with E-state index in [2.05, 4.69) is 0 Å². The molecule has 2 saturated heterocycles. The molecule has 2 rings (SSSR count). The maximum absolute atomic E-state index is 11.3. The minimum atomic E-state index is -2.48. The molecule has 158 valence electrons. The van der Waals surface area contributed by atoms with Crippen molar-refractivity contribution in [2.45, 2.75) is 68.0 Å². The van der Waals surface area contributed by atoms with E-state index >= 15 is 0 Å². The molecule has 0 spiro atoms. The highest BCUT2D eigenvalue weighted by molar-refractivity contribution is 5.66. The summed E-state index contributed by atoms with van der Waals surface area (Å²) in [5.41, 5.74) is 0. The van der Waals surface area contributed by atoms with Crippen LogP contribution in [0.2, 0.25) is 0 Å². The Labute approximate surface area is 152 Å². The van der Waals surface area contributed by atoms with Gasteiger partial charge in [-0.05, 0) is 0 Å². The number of hydrogen-bond donors (Lipinski definition) is 8. The lowest BCUT2D eigenvalue weighted by Crippen LogP contribution is -2.69. The molecule has 0 amide bonds. The predicted octanol–water partition coefficient (Wildman–Crippen LogP) is -5.51. The van der Waals surface area contributed by atoms with Crippen LogP contribution in [-0.4, -0.2) is 121 Å². The van der Waals surface area contributed by atoms with Gasteiger partial charge >= 0.3 is 5.97 Å². The van der Waals surface area contributed by atoms with Crippen molar-refractivity contribution in [1.29, 1.82) is 0 Å². The highest BCUT2D eigenvalue weighted by Gasteiger charge is 2.58. The fourth-order valence-electron chi connectivity index (χ4n) is 2.93. The molecule has 2 aliphatic rings. The third kappa shape index (κ3) is 4.23. The molecule has 27 heavy (non-hydrogen) atoms. The lowest BCUT2D eigenvalue weighted by Gasteiger charge is -2.48. The van der Waals surface area contributed by atoms with E-state index in [0.29, 0.717) is 0 Å². The van der Waals surface area contributed by atoms with Crippen LogP contribution in [0.1, 0.15) is 6.92 Å². The summed E-state index contributed by atoms with van der Waals surface area (Å²) in [7, 11) is 0. The van der Waals surface area contributed by atoms with Gasteiger partial charge in [0.15, 0.2) is 18.7 Å². The number of aliphatic hydroxyl groups excluding tert-OH is 8. The molecule has 13 heteroatoms. The molecule has 2 aliphatic heterocycles. The summed E-state index contributed by atoms with van der Waals surface area (Å²) in [5.74, 6) is -3.47. The minimum Gasteiger partial charge on any atom is -0.428 e. The van der Waals surface area contributed by atoms with E-state index in [0.717, 1.165) is 6.92 Å². The number of ether oxygens (including phenoxy) is 4. The van der Waals surface area contributed by atoms with Gasteiger partial charge in [0, 0.05) is 6.92 Å². The molecule has 0 bridgehead atoms. The molecular formula is C14H24O13. The van der Waals surface area contributed by atoms with Crippen LogP contribution < -0.4 is 0 Å². The molecule has 2 heterocycles. The van der Waals surface area contributed by atoms with Gasteiger partial charge in [0.2, 0.25) is 0 Å². The average molecular weight is 400 g/mol. The first-order valence-corrected chi connectivity index (χ1v) is 8.06. The van der Waals surface area contributed by atoms with Crippen LogP contribution in [0, 0.1) is 0 Å². The Balaban J connectivity index is 2.26. The zero-order valence-corrected chi connectivity index (χ0v) is 14.2. The first-order valence-electron chi connectivity index (χ1n) is 8.06. The molecule has 0 unspecified atom stereocenters. The molecule has 10 atom stereocenters. The van der Waals surface area contributed by atoms with Crippen LogP contribution in [0.15, 0.2) is 0 Å². The van der Waals surface area contributed by atoms with Gasteiger partial charge < -0.3 is 59.8 Å². The van der Waals surface area contributed by atoms with Crippen molar-refractivity contribution in [3.8, 4) is 0 Å². The van der Waals surface area contributed by atoms with Gasteiger partial charge in [0.05, 0.1) is 6.61 Å². The standard InChI is InChI=1S/C14H24O13/c1-4(17)26-14(3-16)11(22)7(19)9(21)13(27-14)25-10-5(2-15)24-12(23)8(20)6(10)18/h5-13,15-16,18-23H,2-3H2,1H3/t5-,6-,7+,8-,9-,10-,11-,12-,13+,14+/m1/s1. The summed E-state index contributed by atoms with van der Waals surface area (Å²) >= 11 is 0. The van der Waals surface area contributed by atoms with E-state index in [9.17, 15) is 45.6 Å². The van der Waals surface area contributed by atoms with Crippen molar-refractivity contribution < 1.29 is 64.6 Å². The third-order valence-electron chi connectivity index (χ3n) is 4.39. The molecule has 0 aliphatic carbocycles. The minimum absolute atomic E-state index is 0.769. The Hall–Kier alpha value is -0.970. The number of hydrogen-bond acceptors (Lipinski definition) is 13. The quantitative estimate of drug-likeness (QED) is 0.202. The Bertz CT molecular complexity index is 515. The molecule has 2 fully saturated rings. The zero-order valence-electron chi connectivity index (χ0n) is 14.2. The van der Waals surface area contributed by atoms with Crippen LogP contribution in [0.4, 0.5) is 0 Å². The van der Waals surface area contributed by atoms with Crippen LogP contribution in [-0.2, 0) is 23.7 Å². The van der Waals surface area contributed by atoms with Crippen molar-refractivity contribution in [2.75, 3.05) is 13.2 Å². The normalized spacial score (nSPS) is 48.3. The largest absolute Gasteiger partial charge is 0.428 e. The highest BCUT2D eigenvalue weighted by Crippen LogP contribution is 2.34. The number of esters is 1. The number of carbonyl (C=O) groups excluding carboxylic acids is 1. The van der Waals surface area contributed by atoms with Gasteiger partial charge in [-0.25, -0.2) is 0 Å². The predicted molar refractivity (Wildman–Crippen MR) is 79.3 cm³/mol. The lowest BCUT2D eigenvalue weighted by atomic mass is 9.95. The van der Waals surface area contributed by atoms with Crippen molar-refractivity contribution in [1.82, 2.24) is 0 Å². The summed E-state index contributed by atoms with van der Waals surface area (Å²) < 4.78 is 20.1. The second-order valence-corrected chi connectivity index (χ2v) is 6.31. The van der Waals surface area contributed by atoms with Crippen molar-refractivity contribution in [3.05, 3.63) is 0 Å². The summed E-state index contributed by atoms with van der Waals surface area (Å²) in [6, 6.07) is 0. The van der Waals surface area contributed by atoms with Gasteiger partial charge in [-0.3, -0.25) is 4.79 Å². The number of aliphatic hydroxyl groups is 8. The van der Waals surface area contributed by atoms with E-state index < -0.39 is 80.3 Å².